The third-order valence-electron chi connectivity index (χ3n) is 2.29. The lowest BCUT2D eigenvalue weighted by atomic mass is 10.3. The van der Waals surface area contributed by atoms with Crippen molar-refractivity contribution in [3.05, 3.63) is 18.2 Å². The molecule has 0 aliphatic rings. The second kappa shape index (κ2) is 5.25. The molecule has 0 atom stereocenters. The Kier molecular flexibility index (Phi) is 3.99. The van der Waals surface area contributed by atoms with Crippen LogP contribution < -0.4 is 10.5 Å². The zero-order valence-electron chi connectivity index (χ0n) is 9.43. The summed E-state index contributed by atoms with van der Waals surface area (Å²) in [6.45, 7) is 2.41. The largest absolute Gasteiger partial charge is 0.506 e. The Hall–Kier alpha value is -1.91. The van der Waals surface area contributed by atoms with Gasteiger partial charge in [0.2, 0.25) is 0 Å². The van der Waals surface area contributed by atoms with Gasteiger partial charge in [-0.3, -0.25) is 4.79 Å². The molecule has 1 aromatic carbocycles. The van der Waals surface area contributed by atoms with E-state index < -0.39 is 0 Å². The summed E-state index contributed by atoms with van der Waals surface area (Å²) < 4.78 is 5.23. The van der Waals surface area contributed by atoms with Crippen LogP contribution in [0.25, 0.3) is 0 Å². The Labute approximate surface area is 94.4 Å². The molecule has 1 amide bonds. The third kappa shape index (κ3) is 2.79. The van der Waals surface area contributed by atoms with E-state index in [2.05, 4.69) is 0 Å². The van der Waals surface area contributed by atoms with Crippen molar-refractivity contribution in [3.8, 4) is 11.5 Å². The predicted octanol–water partition coefficient (Wildman–Crippen LogP) is 0.831. The fourth-order valence-corrected chi connectivity index (χ4v) is 1.08. The molecule has 1 aromatic rings. The first-order valence-corrected chi connectivity index (χ1v) is 5.00. The molecule has 0 aromatic heterocycles. The molecule has 88 valence electrons. The lowest BCUT2D eigenvalue weighted by molar-refractivity contribution is -0.131. The van der Waals surface area contributed by atoms with Crippen molar-refractivity contribution in [1.82, 2.24) is 4.90 Å². The van der Waals surface area contributed by atoms with Gasteiger partial charge in [-0.05, 0) is 19.1 Å². The van der Waals surface area contributed by atoms with E-state index in [0.29, 0.717) is 12.3 Å². The molecule has 0 saturated carbocycles. The lowest BCUT2D eigenvalue weighted by Gasteiger charge is -2.15. The van der Waals surface area contributed by atoms with Crippen molar-refractivity contribution < 1.29 is 14.6 Å². The highest BCUT2D eigenvalue weighted by Gasteiger charge is 2.10. The van der Waals surface area contributed by atoms with Crippen molar-refractivity contribution >= 4 is 11.6 Å². The van der Waals surface area contributed by atoms with Gasteiger partial charge in [-0.1, -0.05) is 6.07 Å². The molecule has 1 rings (SSSR count). The molecule has 0 radical (unpaired) electrons. The van der Waals surface area contributed by atoms with Gasteiger partial charge in [0.05, 0.1) is 0 Å². The summed E-state index contributed by atoms with van der Waals surface area (Å²) in [5.41, 5.74) is 5.73. The van der Waals surface area contributed by atoms with E-state index in [1.165, 1.54) is 6.07 Å². The maximum absolute atomic E-state index is 11.4. The number of rotatable bonds is 4. The average molecular weight is 224 g/mol. The number of nitrogen functional groups attached to an aromatic ring is 1. The zero-order valence-corrected chi connectivity index (χ0v) is 9.43. The van der Waals surface area contributed by atoms with Gasteiger partial charge in [0, 0.05) is 13.6 Å². The number of phenols is 1. The molecule has 3 N–H and O–H groups in total. The van der Waals surface area contributed by atoms with Gasteiger partial charge >= 0.3 is 0 Å². The lowest BCUT2D eigenvalue weighted by Crippen LogP contribution is -2.31. The minimum absolute atomic E-state index is 0.0474. The molecule has 0 saturated heterocycles. The molecule has 16 heavy (non-hydrogen) atoms. The molecule has 5 nitrogen and oxygen atoms in total. The van der Waals surface area contributed by atoms with Crippen LogP contribution in [0.4, 0.5) is 5.69 Å². The van der Waals surface area contributed by atoms with Crippen LogP contribution in [0.2, 0.25) is 0 Å². The van der Waals surface area contributed by atoms with Gasteiger partial charge in [0.25, 0.3) is 5.91 Å². The van der Waals surface area contributed by atoms with E-state index in [-0.39, 0.29) is 24.0 Å². The molecule has 5 heteroatoms. The molecule has 0 unspecified atom stereocenters. The van der Waals surface area contributed by atoms with Crippen LogP contribution in [0.1, 0.15) is 6.92 Å². The molecular weight excluding hydrogens is 208 g/mol. The summed E-state index contributed by atoms with van der Waals surface area (Å²) in [5.74, 6) is 0.136. The van der Waals surface area contributed by atoms with Crippen molar-refractivity contribution in [2.24, 2.45) is 0 Å². The molecule has 0 aliphatic carbocycles. The summed E-state index contributed by atoms with van der Waals surface area (Å²) in [6, 6.07) is 4.67. The number of anilines is 1. The van der Waals surface area contributed by atoms with Gasteiger partial charge in [-0.25, -0.2) is 0 Å². The van der Waals surface area contributed by atoms with Crippen LogP contribution in [0.5, 0.6) is 11.5 Å². The van der Waals surface area contributed by atoms with Gasteiger partial charge < -0.3 is 20.5 Å². The van der Waals surface area contributed by atoms with Gasteiger partial charge in [0.15, 0.2) is 6.61 Å². The van der Waals surface area contributed by atoms with Crippen molar-refractivity contribution in [2.75, 3.05) is 25.9 Å². The highest BCUT2D eigenvalue weighted by atomic mass is 16.5. The molecular formula is C11H16N2O3. The number of nitrogens with zero attached hydrogens (tertiary/aromatic N) is 1. The number of nitrogens with two attached hydrogens (primary N) is 1. The summed E-state index contributed by atoms with van der Waals surface area (Å²) in [5, 5.41) is 9.32. The van der Waals surface area contributed by atoms with Gasteiger partial charge in [0.1, 0.15) is 17.2 Å². The van der Waals surface area contributed by atoms with Gasteiger partial charge in [-0.2, -0.15) is 0 Å². The molecule has 0 fully saturated rings. The molecule has 0 aliphatic heterocycles. The van der Waals surface area contributed by atoms with Crippen LogP contribution in [0.3, 0.4) is 0 Å². The van der Waals surface area contributed by atoms with E-state index >= 15 is 0 Å². The Morgan fingerprint density at radius 3 is 2.88 bits per heavy atom. The summed E-state index contributed by atoms with van der Waals surface area (Å²) in [6.07, 6.45) is 0. The zero-order chi connectivity index (χ0) is 12.1. The molecule has 0 spiro atoms. The van der Waals surface area contributed by atoms with E-state index in [1.54, 1.807) is 24.1 Å². The highest BCUT2D eigenvalue weighted by Crippen LogP contribution is 2.29. The maximum Gasteiger partial charge on any atom is 0.260 e. The Morgan fingerprint density at radius 1 is 1.56 bits per heavy atom. The summed E-state index contributed by atoms with van der Waals surface area (Å²) in [7, 11) is 1.69. The standard InChI is InChI=1S/C11H16N2O3/c1-3-13(2)10(15)7-16-9-6-4-5-8(14)11(9)12/h4-6,14H,3,7,12H2,1-2H3. The number of ether oxygens (including phenoxy) is 1. The van der Waals surface area contributed by atoms with Gasteiger partial charge in [-0.15, -0.1) is 0 Å². The minimum Gasteiger partial charge on any atom is -0.506 e. The number of carbonyl (C=O) groups is 1. The number of aromatic hydroxyl groups is 1. The average Bonchev–Trinajstić information content (AvgIpc) is 2.29. The number of amides is 1. The van der Waals surface area contributed by atoms with Crippen molar-refractivity contribution in [1.29, 1.82) is 0 Å². The van der Waals surface area contributed by atoms with Crippen LogP contribution in [0.15, 0.2) is 18.2 Å². The number of hydrogen-bond acceptors (Lipinski definition) is 4. The Balaban J connectivity index is 2.61. The summed E-state index contributed by atoms with van der Waals surface area (Å²) >= 11 is 0. The predicted molar refractivity (Wildman–Crippen MR) is 61.3 cm³/mol. The molecule has 0 bridgehead atoms. The number of likely N-dealkylation sites (N-methyl/N-ethyl adjacent to an activating group) is 1. The smallest absolute Gasteiger partial charge is 0.260 e. The van der Waals surface area contributed by atoms with E-state index in [9.17, 15) is 9.90 Å². The van der Waals surface area contributed by atoms with Crippen LogP contribution in [-0.2, 0) is 4.79 Å². The first-order chi connectivity index (χ1) is 7.56. The van der Waals surface area contributed by atoms with Crippen molar-refractivity contribution in [2.45, 2.75) is 6.92 Å². The highest BCUT2D eigenvalue weighted by molar-refractivity contribution is 5.77. The third-order valence-corrected chi connectivity index (χ3v) is 2.29. The fraction of sp³-hybridized carbons (Fsp3) is 0.364. The number of hydrogen-bond donors (Lipinski definition) is 2. The van der Waals surface area contributed by atoms with Crippen LogP contribution in [0, 0.1) is 0 Å². The fourth-order valence-electron chi connectivity index (χ4n) is 1.08. The van der Waals surface area contributed by atoms with Crippen LogP contribution in [-0.4, -0.2) is 36.1 Å². The first-order valence-electron chi connectivity index (χ1n) is 5.00. The second-order valence-electron chi connectivity index (χ2n) is 3.39. The Morgan fingerprint density at radius 2 is 2.25 bits per heavy atom. The van der Waals surface area contributed by atoms with E-state index in [4.69, 9.17) is 10.5 Å². The topological polar surface area (TPSA) is 75.8 Å². The van der Waals surface area contributed by atoms with E-state index in [1.807, 2.05) is 6.92 Å². The quantitative estimate of drug-likeness (QED) is 0.586. The molecule has 0 heterocycles. The maximum atomic E-state index is 11.4. The number of para-hydroxylation sites is 1. The van der Waals surface area contributed by atoms with Crippen molar-refractivity contribution in [3.63, 3.8) is 0 Å². The SMILES string of the molecule is CCN(C)C(=O)COc1cccc(O)c1N. The second-order valence-corrected chi connectivity index (χ2v) is 3.39. The Bertz CT molecular complexity index is 379. The number of carbonyl (C=O) groups excluding carboxylic acids is 1. The summed E-state index contributed by atoms with van der Waals surface area (Å²) in [4.78, 5) is 13.0. The first kappa shape index (κ1) is 12.2. The number of phenolic OH excluding ortho intramolecular Hbond substituents is 1. The normalized spacial score (nSPS) is 9.88. The number of benzene rings is 1. The minimum atomic E-state index is -0.134. The van der Waals surface area contributed by atoms with E-state index in [0.717, 1.165) is 0 Å². The monoisotopic (exact) mass is 224 g/mol. The van der Waals surface area contributed by atoms with Crippen LogP contribution >= 0.6 is 0 Å².